The zero-order valence-electron chi connectivity index (χ0n) is 10.4. The van der Waals surface area contributed by atoms with E-state index in [2.05, 4.69) is 5.32 Å². The van der Waals surface area contributed by atoms with Gasteiger partial charge in [-0.15, -0.1) is 0 Å². The molecule has 0 saturated carbocycles. The molecule has 0 atom stereocenters. The Bertz CT molecular complexity index is 636. The van der Waals surface area contributed by atoms with E-state index in [-0.39, 0.29) is 11.6 Å². The van der Waals surface area contributed by atoms with Crippen molar-refractivity contribution >= 4 is 40.5 Å². The van der Waals surface area contributed by atoms with Gasteiger partial charge < -0.3 is 5.32 Å². The molecule has 0 unspecified atom stereocenters. The van der Waals surface area contributed by atoms with Crippen molar-refractivity contribution in [1.82, 2.24) is 0 Å². The van der Waals surface area contributed by atoms with E-state index in [4.69, 9.17) is 34.8 Å². The molecule has 0 bridgehead atoms. The quantitative estimate of drug-likeness (QED) is 0.684. The lowest BCUT2D eigenvalue weighted by Crippen LogP contribution is -2.06. The smallest absolute Gasteiger partial charge is 0.380 e. The summed E-state index contributed by atoms with van der Waals surface area (Å²) in [6, 6.07) is 8.17. The Morgan fingerprint density at radius 2 is 1.52 bits per heavy atom. The van der Waals surface area contributed by atoms with Crippen LogP contribution in [0.3, 0.4) is 0 Å². The summed E-state index contributed by atoms with van der Waals surface area (Å²) < 4.78 is 37.6. The van der Waals surface area contributed by atoms with Crippen LogP contribution >= 0.6 is 34.8 Å². The maximum Gasteiger partial charge on any atom is 0.416 e. The van der Waals surface area contributed by atoms with Gasteiger partial charge in [0.2, 0.25) is 0 Å². The van der Waals surface area contributed by atoms with Gasteiger partial charge in [-0.05, 0) is 30.3 Å². The zero-order chi connectivity index (χ0) is 15.6. The van der Waals surface area contributed by atoms with Gasteiger partial charge in [0.25, 0.3) is 0 Å². The molecule has 1 N–H and O–H groups in total. The highest BCUT2D eigenvalue weighted by atomic mass is 35.5. The number of rotatable bonds is 3. The molecule has 2 aromatic carbocycles. The summed E-state index contributed by atoms with van der Waals surface area (Å²) in [5, 5.41) is 3.84. The monoisotopic (exact) mass is 353 g/mol. The summed E-state index contributed by atoms with van der Waals surface area (Å²) in [5.74, 6) is 0. The van der Waals surface area contributed by atoms with Crippen LogP contribution in [0.1, 0.15) is 11.1 Å². The predicted molar refractivity (Wildman–Crippen MR) is 80.2 cm³/mol. The first-order valence-electron chi connectivity index (χ1n) is 5.82. The first-order chi connectivity index (χ1) is 9.79. The van der Waals surface area contributed by atoms with Crippen LogP contribution in [0.25, 0.3) is 0 Å². The lowest BCUT2D eigenvalue weighted by atomic mass is 10.2. The third kappa shape index (κ3) is 3.96. The summed E-state index contributed by atoms with van der Waals surface area (Å²) in [6.07, 6.45) is -4.42. The maximum atomic E-state index is 12.5. The van der Waals surface area contributed by atoms with Crippen LogP contribution in [-0.4, -0.2) is 0 Å². The van der Waals surface area contributed by atoms with Gasteiger partial charge in [-0.1, -0.05) is 40.9 Å². The van der Waals surface area contributed by atoms with Crippen LogP contribution in [0.5, 0.6) is 0 Å². The van der Waals surface area contributed by atoms with Gasteiger partial charge in [0.1, 0.15) is 0 Å². The lowest BCUT2D eigenvalue weighted by Gasteiger charge is -2.13. The van der Waals surface area contributed by atoms with Gasteiger partial charge in [0.15, 0.2) is 0 Å². The standard InChI is InChI=1S/C14H9Cl3F3N/c15-10-2-1-3-11(16)9(10)7-21-13-5-4-8(6-12(13)17)14(18,19)20/h1-6,21H,7H2. The SMILES string of the molecule is FC(F)(F)c1ccc(NCc2c(Cl)cccc2Cl)c(Cl)c1. The Hall–Kier alpha value is -1.10. The van der Waals surface area contributed by atoms with Gasteiger partial charge in [0.05, 0.1) is 16.3 Å². The van der Waals surface area contributed by atoms with E-state index in [1.165, 1.54) is 6.07 Å². The van der Waals surface area contributed by atoms with Crippen LogP contribution < -0.4 is 5.32 Å². The average molecular weight is 355 g/mol. The highest BCUT2D eigenvalue weighted by Crippen LogP contribution is 2.34. The number of benzene rings is 2. The largest absolute Gasteiger partial charge is 0.416 e. The molecule has 0 spiro atoms. The van der Waals surface area contributed by atoms with Crippen LogP contribution in [0.15, 0.2) is 36.4 Å². The first-order valence-corrected chi connectivity index (χ1v) is 6.96. The van der Waals surface area contributed by atoms with Crippen molar-refractivity contribution in [3.8, 4) is 0 Å². The Morgan fingerprint density at radius 3 is 2.05 bits per heavy atom. The molecule has 0 fully saturated rings. The molecule has 0 aromatic heterocycles. The van der Waals surface area contributed by atoms with Gasteiger partial charge >= 0.3 is 6.18 Å². The van der Waals surface area contributed by atoms with Crippen LogP contribution in [0.4, 0.5) is 18.9 Å². The van der Waals surface area contributed by atoms with E-state index in [9.17, 15) is 13.2 Å². The van der Waals surface area contributed by atoms with E-state index in [1.54, 1.807) is 18.2 Å². The van der Waals surface area contributed by atoms with Crippen molar-refractivity contribution < 1.29 is 13.2 Å². The number of hydrogen-bond acceptors (Lipinski definition) is 1. The normalized spacial score (nSPS) is 11.5. The van der Waals surface area contributed by atoms with Gasteiger partial charge in [-0.2, -0.15) is 13.2 Å². The van der Waals surface area contributed by atoms with Crippen molar-refractivity contribution in [2.45, 2.75) is 12.7 Å². The summed E-state index contributed by atoms with van der Waals surface area (Å²) >= 11 is 17.9. The molecule has 0 saturated heterocycles. The second kappa shape index (κ2) is 6.34. The predicted octanol–water partition coefficient (Wildman–Crippen LogP) is 6.28. The fraction of sp³-hybridized carbons (Fsp3) is 0.143. The van der Waals surface area contributed by atoms with Crippen molar-refractivity contribution in [2.24, 2.45) is 0 Å². The highest BCUT2D eigenvalue weighted by molar-refractivity contribution is 6.36. The Labute approximate surface area is 134 Å². The summed E-state index contributed by atoms with van der Waals surface area (Å²) in [7, 11) is 0. The lowest BCUT2D eigenvalue weighted by molar-refractivity contribution is -0.137. The van der Waals surface area contributed by atoms with Crippen molar-refractivity contribution in [1.29, 1.82) is 0 Å². The molecule has 2 aromatic rings. The zero-order valence-corrected chi connectivity index (χ0v) is 12.7. The topological polar surface area (TPSA) is 12.0 Å². The second-order valence-electron chi connectivity index (χ2n) is 4.25. The van der Waals surface area contributed by atoms with Gasteiger partial charge in [0, 0.05) is 22.2 Å². The van der Waals surface area contributed by atoms with E-state index in [0.29, 0.717) is 21.3 Å². The summed E-state index contributed by atoms with van der Waals surface area (Å²) in [4.78, 5) is 0. The van der Waals surface area contributed by atoms with E-state index >= 15 is 0 Å². The van der Waals surface area contributed by atoms with Crippen LogP contribution in [-0.2, 0) is 12.7 Å². The van der Waals surface area contributed by atoms with Crippen molar-refractivity contribution in [2.75, 3.05) is 5.32 Å². The number of alkyl halides is 3. The minimum atomic E-state index is -4.42. The second-order valence-corrected chi connectivity index (χ2v) is 5.47. The maximum absolute atomic E-state index is 12.5. The van der Waals surface area contributed by atoms with Gasteiger partial charge in [-0.25, -0.2) is 0 Å². The molecule has 21 heavy (non-hydrogen) atoms. The molecule has 2 rings (SSSR count). The summed E-state index contributed by atoms with van der Waals surface area (Å²) in [6.45, 7) is 0.254. The molecule has 112 valence electrons. The molecular weight excluding hydrogens is 346 g/mol. The Kier molecular flexibility index (Phi) is 4.91. The third-order valence-corrected chi connectivity index (χ3v) is 3.83. The first kappa shape index (κ1) is 16.3. The fourth-order valence-corrected chi connectivity index (χ4v) is 2.50. The minimum absolute atomic E-state index is 0.0204. The minimum Gasteiger partial charge on any atom is -0.380 e. The molecule has 0 heterocycles. The molecular formula is C14H9Cl3F3N. The van der Waals surface area contributed by atoms with Crippen molar-refractivity contribution in [3.63, 3.8) is 0 Å². The number of anilines is 1. The van der Waals surface area contributed by atoms with E-state index in [0.717, 1.165) is 12.1 Å². The van der Waals surface area contributed by atoms with Gasteiger partial charge in [-0.3, -0.25) is 0 Å². The third-order valence-electron chi connectivity index (χ3n) is 2.81. The molecule has 0 aliphatic carbocycles. The molecule has 0 amide bonds. The van der Waals surface area contributed by atoms with E-state index in [1.807, 2.05) is 0 Å². The average Bonchev–Trinajstić information content (AvgIpc) is 2.38. The highest BCUT2D eigenvalue weighted by Gasteiger charge is 2.30. The number of halogens is 6. The number of hydrogen-bond donors (Lipinski definition) is 1. The molecule has 0 radical (unpaired) electrons. The molecule has 0 aliphatic heterocycles. The van der Waals surface area contributed by atoms with Crippen LogP contribution in [0.2, 0.25) is 15.1 Å². The number of nitrogens with one attached hydrogen (secondary N) is 1. The molecule has 0 aliphatic rings. The van der Waals surface area contributed by atoms with E-state index < -0.39 is 11.7 Å². The fourth-order valence-electron chi connectivity index (χ4n) is 1.72. The molecule has 7 heteroatoms. The summed E-state index contributed by atoms with van der Waals surface area (Å²) in [5.41, 5.74) is 0.228. The Balaban J connectivity index is 2.18. The van der Waals surface area contributed by atoms with Crippen LogP contribution in [0, 0.1) is 0 Å². The molecule has 1 nitrogen and oxygen atoms in total. The Morgan fingerprint density at radius 1 is 0.905 bits per heavy atom. The van der Waals surface area contributed by atoms with Crippen molar-refractivity contribution in [3.05, 3.63) is 62.6 Å².